The van der Waals surface area contributed by atoms with Crippen LogP contribution in [0.25, 0.3) is 0 Å². The zero-order valence-electron chi connectivity index (χ0n) is 13.1. The van der Waals surface area contributed by atoms with Gasteiger partial charge in [0, 0.05) is 29.5 Å². The van der Waals surface area contributed by atoms with Crippen LogP contribution in [0.3, 0.4) is 0 Å². The largest absolute Gasteiger partial charge is 0.275 e. The van der Waals surface area contributed by atoms with Crippen molar-refractivity contribution in [3.63, 3.8) is 0 Å². The van der Waals surface area contributed by atoms with Crippen LogP contribution >= 0.6 is 39.1 Å². The van der Waals surface area contributed by atoms with Crippen molar-refractivity contribution in [1.29, 1.82) is 0 Å². The molecule has 1 aromatic carbocycles. The summed E-state index contributed by atoms with van der Waals surface area (Å²) in [6, 6.07) is 2.05. The fraction of sp³-hybridized carbons (Fsp3) is 0.500. The maximum atomic E-state index is 13.0. The van der Waals surface area contributed by atoms with Crippen molar-refractivity contribution < 1.29 is 18.0 Å². The van der Waals surface area contributed by atoms with Gasteiger partial charge in [-0.05, 0) is 25.0 Å². The van der Waals surface area contributed by atoms with E-state index in [0.717, 1.165) is 5.06 Å². The molecule has 2 rings (SSSR count). The second-order valence-corrected chi connectivity index (χ2v) is 8.47. The van der Waals surface area contributed by atoms with E-state index in [9.17, 15) is 13.2 Å². The lowest BCUT2D eigenvalue weighted by Crippen LogP contribution is -2.46. The number of hydroxylamine groups is 2. The Bertz CT molecular complexity index is 745. The molecular formula is C14H17BrCl2N2O4S. The summed E-state index contributed by atoms with van der Waals surface area (Å²) in [7, 11) is -1.14. The molecule has 24 heavy (non-hydrogen) atoms. The number of alkyl halides is 1. The highest BCUT2D eigenvalue weighted by molar-refractivity contribution is 9.08. The molecule has 0 aromatic heterocycles. The van der Waals surface area contributed by atoms with Gasteiger partial charge in [0.25, 0.3) is 5.91 Å². The summed E-state index contributed by atoms with van der Waals surface area (Å²) in [6.45, 7) is 0.249. The van der Waals surface area contributed by atoms with Crippen molar-refractivity contribution in [2.24, 2.45) is 0 Å². The van der Waals surface area contributed by atoms with E-state index in [2.05, 4.69) is 15.9 Å². The summed E-state index contributed by atoms with van der Waals surface area (Å²) in [5, 5.41) is 1.80. The zero-order valence-corrected chi connectivity index (χ0v) is 17.0. The first-order chi connectivity index (χ1) is 11.3. The minimum absolute atomic E-state index is 0.0530. The van der Waals surface area contributed by atoms with Gasteiger partial charge in [-0.3, -0.25) is 9.63 Å². The highest BCUT2D eigenvalue weighted by atomic mass is 79.9. The number of likely N-dealkylation sites (N-methyl/N-ethyl adjacent to an activating group) is 1. The van der Waals surface area contributed by atoms with Gasteiger partial charge < -0.3 is 0 Å². The zero-order chi connectivity index (χ0) is 18.1. The highest BCUT2D eigenvalue weighted by Gasteiger charge is 2.41. The summed E-state index contributed by atoms with van der Waals surface area (Å²) in [6.07, 6.45) is 1.02. The van der Waals surface area contributed by atoms with Crippen LogP contribution in [0.2, 0.25) is 10.0 Å². The molecule has 1 fully saturated rings. The minimum Gasteiger partial charge on any atom is -0.275 e. The fourth-order valence-electron chi connectivity index (χ4n) is 2.60. The van der Waals surface area contributed by atoms with Gasteiger partial charge in [0.1, 0.15) is 10.9 Å². The standard InChI is InChI=1S/C14H17BrCl2N2O4S/c1-18(23-2)14(20)11-4-3-7-19(11)24(21,22)12-6-5-10(16)9(8-15)13(12)17/h5-6,11H,3-4,7-8H2,1-2H3/t11-/m0/s1. The van der Waals surface area contributed by atoms with Gasteiger partial charge in [0.15, 0.2) is 0 Å². The fourth-order valence-corrected chi connectivity index (χ4v) is 6.04. The van der Waals surface area contributed by atoms with E-state index < -0.39 is 22.0 Å². The van der Waals surface area contributed by atoms with Crippen molar-refractivity contribution in [2.45, 2.75) is 29.1 Å². The number of halogens is 3. The molecule has 1 aromatic rings. The van der Waals surface area contributed by atoms with Crippen molar-refractivity contribution in [3.8, 4) is 0 Å². The highest BCUT2D eigenvalue weighted by Crippen LogP contribution is 2.36. The van der Waals surface area contributed by atoms with E-state index in [0.29, 0.717) is 28.8 Å². The maximum absolute atomic E-state index is 13.0. The topological polar surface area (TPSA) is 66.9 Å². The summed E-state index contributed by atoms with van der Waals surface area (Å²) in [5.41, 5.74) is 0.496. The molecule has 0 spiro atoms. The Kier molecular flexibility index (Phi) is 6.55. The van der Waals surface area contributed by atoms with Crippen LogP contribution in [-0.2, 0) is 25.0 Å². The van der Waals surface area contributed by atoms with E-state index in [1.165, 1.54) is 30.6 Å². The number of rotatable bonds is 5. The van der Waals surface area contributed by atoms with Crippen LogP contribution in [0.15, 0.2) is 17.0 Å². The first-order valence-electron chi connectivity index (χ1n) is 7.12. The number of carbonyl (C=O) groups excluding carboxylic acids is 1. The quantitative estimate of drug-likeness (QED) is 0.501. The molecule has 0 bridgehead atoms. The van der Waals surface area contributed by atoms with Crippen molar-refractivity contribution >= 4 is 55.1 Å². The molecule has 0 unspecified atom stereocenters. The third kappa shape index (κ3) is 3.59. The maximum Gasteiger partial charge on any atom is 0.264 e. The number of carbonyl (C=O) groups is 1. The van der Waals surface area contributed by atoms with Crippen LogP contribution in [0.5, 0.6) is 0 Å². The molecule has 0 saturated carbocycles. The smallest absolute Gasteiger partial charge is 0.264 e. The van der Waals surface area contributed by atoms with Crippen LogP contribution in [-0.4, -0.2) is 50.4 Å². The van der Waals surface area contributed by atoms with Crippen LogP contribution in [0.1, 0.15) is 18.4 Å². The molecule has 0 radical (unpaired) electrons. The minimum atomic E-state index is -3.94. The molecule has 0 N–H and O–H groups in total. The van der Waals surface area contributed by atoms with Gasteiger partial charge in [0.05, 0.1) is 12.1 Å². The van der Waals surface area contributed by atoms with Gasteiger partial charge in [-0.25, -0.2) is 13.5 Å². The van der Waals surface area contributed by atoms with Gasteiger partial charge >= 0.3 is 0 Å². The SMILES string of the molecule is CON(C)C(=O)[C@@H]1CCCN1S(=O)(=O)c1ccc(Cl)c(CBr)c1Cl. The van der Waals surface area contributed by atoms with Gasteiger partial charge in [-0.1, -0.05) is 39.1 Å². The molecule has 6 nitrogen and oxygen atoms in total. The van der Waals surface area contributed by atoms with Crippen LogP contribution in [0.4, 0.5) is 0 Å². The van der Waals surface area contributed by atoms with E-state index >= 15 is 0 Å². The Balaban J connectivity index is 2.45. The summed E-state index contributed by atoms with van der Waals surface area (Å²) in [4.78, 5) is 17.2. The Morgan fingerprint density at radius 3 is 2.71 bits per heavy atom. The molecule has 1 saturated heterocycles. The van der Waals surface area contributed by atoms with Gasteiger partial charge in [0.2, 0.25) is 10.0 Å². The normalized spacial score (nSPS) is 18.8. The first-order valence-corrected chi connectivity index (χ1v) is 10.4. The lowest BCUT2D eigenvalue weighted by molar-refractivity contribution is -0.172. The Morgan fingerprint density at radius 2 is 2.12 bits per heavy atom. The van der Waals surface area contributed by atoms with Gasteiger partial charge in [-0.2, -0.15) is 4.31 Å². The number of nitrogens with zero attached hydrogens (tertiary/aromatic N) is 2. The third-order valence-corrected chi connectivity index (χ3v) is 7.35. The molecule has 1 atom stereocenters. The van der Waals surface area contributed by atoms with E-state index in [-0.39, 0.29) is 16.5 Å². The van der Waals surface area contributed by atoms with Crippen LogP contribution < -0.4 is 0 Å². The molecule has 1 aliphatic rings. The molecule has 10 heteroatoms. The molecule has 1 amide bonds. The second-order valence-electron chi connectivity index (χ2n) is 5.26. The number of hydrogen-bond donors (Lipinski definition) is 0. The van der Waals surface area contributed by atoms with Crippen LogP contribution in [0, 0.1) is 0 Å². The number of benzene rings is 1. The van der Waals surface area contributed by atoms with Crippen molar-refractivity contribution in [3.05, 3.63) is 27.7 Å². The second kappa shape index (κ2) is 7.88. The molecule has 1 heterocycles. The molecular weight excluding hydrogens is 443 g/mol. The summed E-state index contributed by atoms with van der Waals surface area (Å²) < 4.78 is 27.2. The molecule has 1 aliphatic heterocycles. The first kappa shape index (κ1) is 19.9. The molecule has 0 aliphatic carbocycles. The predicted molar refractivity (Wildman–Crippen MR) is 95.8 cm³/mol. The lowest BCUT2D eigenvalue weighted by atomic mass is 10.2. The van der Waals surface area contributed by atoms with Crippen molar-refractivity contribution in [2.75, 3.05) is 20.7 Å². The number of hydrogen-bond acceptors (Lipinski definition) is 4. The van der Waals surface area contributed by atoms with E-state index in [1.54, 1.807) is 0 Å². The predicted octanol–water partition coefficient (Wildman–Crippen LogP) is 3.06. The lowest BCUT2D eigenvalue weighted by Gasteiger charge is -2.26. The third-order valence-electron chi connectivity index (χ3n) is 3.94. The Labute approximate surface area is 159 Å². The Hall–Kier alpha value is -0.380. The summed E-state index contributed by atoms with van der Waals surface area (Å²) >= 11 is 15.6. The van der Waals surface area contributed by atoms with E-state index in [4.69, 9.17) is 28.0 Å². The average molecular weight is 460 g/mol. The number of sulfonamides is 1. The van der Waals surface area contributed by atoms with Crippen molar-refractivity contribution in [1.82, 2.24) is 9.37 Å². The average Bonchev–Trinajstić information content (AvgIpc) is 3.04. The van der Waals surface area contributed by atoms with E-state index in [1.807, 2.05) is 0 Å². The molecule has 134 valence electrons. The van der Waals surface area contributed by atoms with Gasteiger partial charge in [-0.15, -0.1) is 0 Å². The number of amides is 1. The Morgan fingerprint density at radius 1 is 1.46 bits per heavy atom. The summed E-state index contributed by atoms with van der Waals surface area (Å²) in [5.74, 6) is -0.413. The monoisotopic (exact) mass is 458 g/mol.